The first kappa shape index (κ1) is 14.6. The van der Waals surface area contributed by atoms with Crippen molar-refractivity contribution in [3.63, 3.8) is 0 Å². The van der Waals surface area contributed by atoms with Gasteiger partial charge in [0.15, 0.2) is 0 Å². The van der Waals surface area contributed by atoms with Crippen molar-refractivity contribution < 1.29 is 9.47 Å². The molecule has 96 valence electrons. The van der Waals surface area contributed by atoms with Gasteiger partial charge in [0.05, 0.1) is 24.8 Å². The zero-order valence-electron chi connectivity index (χ0n) is 9.84. The van der Waals surface area contributed by atoms with Crippen LogP contribution in [0.5, 0.6) is 5.75 Å². The molecule has 0 unspecified atom stereocenters. The van der Waals surface area contributed by atoms with E-state index in [1.807, 2.05) is 13.0 Å². The first-order chi connectivity index (χ1) is 8.19. The number of hydrogen-bond donors (Lipinski definition) is 1. The summed E-state index contributed by atoms with van der Waals surface area (Å²) < 4.78 is 10.7. The SMILES string of the molecule is CCOc1cc(Cl)c(CCOCCN)cc1Cl. The minimum Gasteiger partial charge on any atom is -0.492 e. The number of hydrogen-bond acceptors (Lipinski definition) is 3. The van der Waals surface area contributed by atoms with Gasteiger partial charge in [0.2, 0.25) is 0 Å². The summed E-state index contributed by atoms with van der Waals surface area (Å²) in [6, 6.07) is 3.56. The predicted octanol–water partition coefficient (Wildman–Crippen LogP) is 2.91. The molecule has 5 heteroatoms. The molecule has 1 aromatic carbocycles. The van der Waals surface area contributed by atoms with Gasteiger partial charge in [-0.05, 0) is 25.0 Å². The first-order valence-corrected chi connectivity index (χ1v) is 6.33. The van der Waals surface area contributed by atoms with Gasteiger partial charge >= 0.3 is 0 Å². The molecule has 0 saturated carbocycles. The highest BCUT2D eigenvalue weighted by Crippen LogP contribution is 2.31. The highest BCUT2D eigenvalue weighted by Gasteiger charge is 2.08. The lowest BCUT2D eigenvalue weighted by molar-refractivity contribution is 0.145. The van der Waals surface area contributed by atoms with E-state index in [2.05, 4.69) is 0 Å². The average molecular weight is 278 g/mol. The number of rotatable bonds is 7. The van der Waals surface area contributed by atoms with Crippen molar-refractivity contribution in [3.05, 3.63) is 27.7 Å². The van der Waals surface area contributed by atoms with Crippen LogP contribution in [-0.4, -0.2) is 26.4 Å². The second-order valence-corrected chi connectivity index (χ2v) is 4.27. The third-order valence-corrected chi connectivity index (χ3v) is 2.83. The van der Waals surface area contributed by atoms with Gasteiger partial charge in [0, 0.05) is 17.6 Å². The van der Waals surface area contributed by atoms with Crippen LogP contribution in [0.15, 0.2) is 12.1 Å². The smallest absolute Gasteiger partial charge is 0.139 e. The summed E-state index contributed by atoms with van der Waals surface area (Å²) in [6.45, 7) is 4.13. The summed E-state index contributed by atoms with van der Waals surface area (Å²) in [5.74, 6) is 0.616. The fraction of sp³-hybridized carbons (Fsp3) is 0.500. The molecule has 0 spiro atoms. The Labute approximate surface area is 112 Å². The molecule has 0 amide bonds. The number of halogens is 2. The summed E-state index contributed by atoms with van der Waals surface area (Å²) in [7, 11) is 0. The van der Waals surface area contributed by atoms with Crippen LogP contribution in [0.2, 0.25) is 10.0 Å². The Kier molecular flexibility index (Phi) is 6.66. The Morgan fingerprint density at radius 2 is 1.94 bits per heavy atom. The molecule has 0 aliphatic carbocycles. The molecule has 0 fully saturated rings. The van der Waals surface area contributed by atoms with Crippen LogP contribution in [0.4, 0.5) is 0 Å². The second kappa shape index (κ2) is 7.77. The van der Waals surface area contributed by atoms with Crippen LogP contribution < -0.4 is 10.5 Å². The summed E-state index contributed by atoms with van der Waals surface area (Å²) in [4.78, 5) is 0. The zero-order valence-corrected chi connectivity index (χ0v) is 11.4. The van der Waals surface area contributed by atoms with Gasteiger partial charge < -0.3 is 15.2 Å². The Hall–Kier alpha value is -0.480. The van der Waals surface area contributed by atoms with Crippen LogP contribution in [-0.2, 0) is 11.2 Å². The Morgan fingerprint density at radius 1 is 1.18 bits per heavy atom. The fourth-order valence-electron chi connectivity index (χ4n) is 1.39. The lowest BCUT2D eigenvalue weighted by Crippen LogP contribution is -2.10. The van der Waals surface area contributed by atoms with Crippen molar-refractivity contribution in [1.29, 1.82) is 0 Å². The second-order valence-electron chi connectivity index (χ2n) is 3.46. The van der Waals surface area contributed by atoms with Gasteiger partial charge in [-0.1, -0.05) is 23.2 Å². The minimum atomic E-state index is 0.526. The minimum absolute atomic E-state index is 0.526. The molecular formula is C12H17Cl2NO2. The highest BCUT2D eigenvalue weighted by atomic mass is 35.5. The normalized spacial score (nSPS) is 10.6. The van der Waals surface area contributed by atoms with E-state index in [1.165, 1.54) is 0 Å². The van der Waals surface area contributed by atoms with Crippen LogP contribution in [0.3, 0.4) is 0 Å². The van der Waals surface area contributed by atoms with Crippen molar-refractivity contribution in [3.8, 4) is 5.75 Å². The highest BCUT2D eigenvalue weighted by molar-refractivity contribution is 6.34. The largest absolute Gasteiger partial charge is 0.492 e. The van der Waals surface area contributed by atoms with E-state index >= 15 is 0 Å². The zero-order chi connectivity index (χ0) is 12.7. The van der Waals surface area contributed by atoms with Crippen molar-refractivity contribution in [2.45, 2.75) is 13.3 Å². The monoisotopic (exact) mass is 277 g/mol. The van der Waals surface area contributed by atoms with Crippen LogP contribution in [0.25, 0.3) is 0 Å². The maximum Gasteiger partial charge on any atom is 0.139 e. The molecule has 2 N–H and O–H groups in total. The summed E-state index contributed by atoms with van der Waals surface area (Å²) >= 11 is 12.2. The van der Waals surface area contributed by atoms with E-state index in [4.69, 9.17) is 38.4 Å². The Bertz CT molecular complexity index is 359. The first-order valence-electron chi connectivity index (χ1n) is 5.57. The van der Waals surface area contributed by atoms with Crippen molar-refractivity contribution >= 4 is 23.2 Å². The van der Waals surface area contributed by atoms with Gasteiger partial charge in [0.25, 0.3) is 0 Å². The van der Waals surface area contributed by atoms with E-state index in [9.17, 15) is 0 Å². The molecule has 0 heterocycles. The number of nitrogens with two attached hydrogens (primary N) is 1. The maximum absolute atomic E-state index is 6.13. The van der Waals surface area contributed by atoms with Crippen molar-refractivity contribution in [2.75, 3.05) is 26.4 Å². The van der Waals surface area contributed by atoms with Gasteiger partial charge in [-0.25, -0.2) is 0 Å². The number of ether oxygens (including phenoxy) is 2. The quantitative estimate of drug-likeness (QED) is 0.780. The molecule has 0 radical (unpaired) electrons. The van der Waals surface area contributed by atoms with Gasteiger partial charge in [-0.2, -0.15) is 0 Å². The maximum atomic E-state index is 6.13. The molecule has 1 rings (SSSR count). The molecular weight excluding hydrogens is 261 g/mol. The molecule has 17 heavy (non-hydrogen) atoms. The molecule has 0 saturated heterocycles. The summed E-state index contributed by atoms with van der Waals surface area (Å²) in [6.07, 6.45) is 0.713. The topological polar surface area (TPSA) is 44.5 Å². The standard InChI is InChI=1S/C12H17Cl2NO2/c1-2-17-12-8-10(13)9(7-11(12)14)3-5-16-6-4-15/h7-8H,2-6,15H2,1H3. The molecule has 0 atom stereocenters. The van der Waals surface area contributed by atoms with E-state index in [0.29, 0.717) is 48.6 Å². The predicted molar refractivity (Wildman–Crippen MR) is 71.2 cm³/mol. The molecule has 0 bridgehead atoms. The third-order valence-electron chi connectivity index (χ3n) is 2.18. The van der Waals surface area contributed by atoms with Crippen molar-refractivity contribution in [2.24, 2.45) is 5.73 Å². The Balaban J connectivity index is 2.64. The molecule has 3 nitrogen and oxygen atoms in total. The number of benzene rings is 1. The van der Waals surface area contributed by atoms with Gasteiger partial charge in [-0.3, -0.25) is 0 Å². The van der Waals surface area contributed by atoms with Gasteiger partial charge in [0.1, 0.15) is 5.75 Å². The van der Waals surface area contributed by atoms with Crippen LogP contribution in [0.1, 0.15) is 12.5 Å². The third kappa shape index (κ3) is 4.72. The van der Waals surface area contributed by atoms with Crippen LogP contribution >= 0.6 is 23.2 Å². The van der Waals surface area contributed by atoms with Crippen LogP contribution in [0, 0.1) is 0 Å². The molecule has 0 aliphatic rings. The molecule has 0 aromatic heterocycles. The average Bonchev–Trinajstić information content (AvgIpc) is 2.30. The van der Waals surface area contributed by atoms with E-state index in [0.717, 1.165) is 5.56 Å². The Morgan fingerprint density at radius 3 is 2.59 bits per heavy atom. The lowest BCUT2D eigenvalue weighted by atomic mass is 10.1. The van der Waals surface area contributed by atoms with E-state index in [-0.39, 0.29) is 0 Å². The van der Waals surface area contributed by atoms with E-state index in [1.54, 1.807) is 6.07 Å². The molecule has 0 aliphatic heterocycles. The van der Waals surface area contributed by atoms with Crippen molar-refractivity contribution in [1.82, 2.24) is 0 Å². The lowest BCUT2D eigenvalue weighted by Gasteiger charge is -2.10. The summed E-state index contributed by atoms with van der Waals surface area (Å²) in [5, 5.41) is 1.22. The van der Waals surface area contributed by atoms with E-state index < -0.39 is 0 Å². The summed E-state index contributed by atoms with van der Waals surface area (Å²) in [5.41, 5.74) is 6.28. The van der Waals surface area contributed by atoms with Gasteiger partial charge in [-0.15, -0.1) is 0 Å². The fourth-order valence-corrected chi connectivity index (χ4v) is 1.88. The molecule has 1 aromatic rings.